The summed E-state index contributed by atoms with van der Waals surface area (Å²) in [6, 6.07) is 9.31. The van der Waals surface area contributed by atoms with Gasteiger partial charge in [0.05, 0.1) is 18.1 Å². The van der Waals surface area contributed by atoms with E-state index in [2.05, 4.69) is 4.98 Å². The van der Waals surface area contributed by atoms with Crippen LogP contribution in [0.1, 0.15) is 23.1 Å². The molecule has 2 fully saturated rings. The van der Waals surface area contributed by atoms with Crippen molar-refractivity contribution in [1.82, 2.24) is 9.29 Å². The van der Waals surface area contributed by atoms with E-state index in [9.17, 15) is 8.42 Å². The number of benzene rings is 1. The molecule has 2 aromatic rings. The Bertz CT molecular complexity index is 920. The molecule has 0 bridgehead atoms. The van der Waals surface area contributed by atoms with Crippen LogP contribution >= 0.6 is 0 Å². The van der Waals surface area contributed by atoms with E-state index < -0.39 is 15.6 Å². The van der Waals surface area contributed by atoms with Crippen molar-refractivity contribution < 1.29 is 17.9 Å². The van der Waals surface area contributed by atoms with Crippen molar-refractivity contribution in [2.45, 2.75) is 37.4 Å². The summed E-state index contributed by atoms with van der Waals surface area (Å²) in [4.78, 5) is 4.37. The van der Waals surface area contributed by atoms with Crippen LogP contribution in [0, 0.1) is 19.8 Å². The average molecular weight is 403 g/mol. The molecule has 0 amide bonds. The first kappa shape index (κ1) is 19.5. The van der Waals surface area contributed by atoms with Gasteiger partial charge in [0.25, 0.3) is 0 Å². The Hall–Kier alpha value is -1.80. The highest BCUT2D eigenvalue weighted by Crippen LogP contribution is 2.42. The van der Waals surface area contributed by atoms with Crippen molar-refractivity contribution in [2.75, 3.05) is 26.3 Å². The molecular formula is C21H26N2O4S. The van der Waals surface area contributed by atoms with Gasteiger partial charge in [-0.3, -0.25) is 4.98 Å². The predicted octanol–water partition coefficient (Wildman–Crippen LogP) is 2.69. The second-order valence-corrected chi connectivity index (χ2v) is 9.80. The van der Waals surface area contributed by atoms with Crippen molar-refractivity contribution in [3.63, 3.8) is 0 Å². The molecule has 7 heteroatoms. The lowest BCUT2D eigenvalue weighted by molar-refractivity contribution is -0.115. The molecule has 1 spiro atoms. The van der Waals surface area contributed by atoms with Gasteiger partial charge < -0.3 is 9.47 Å². The lowest BCUT2D eigenvalue weighted by Gasteiger charge is -2.49. The summed E-state index contributed by atoms with van der Waals surface area (Å²) in [6.07, 6.45) is 4.40. The van der Waals surface area contributed by atoms with Crippen molar-refractivity contribution in [1.29, 1.82) is 0 Å². The molecule has 0 unspecified atom stereocenters. The summed E-state index contributed by atoms with van der Waals surface area (Å²) in [5.74, 6) is 0.208. The van der Waals surface area contributed by atoms with Crippen LogP contribution in [-0.4, -0.2) is 49.6 Å². The van der Waals surface area contributed by atoms with Crippen LogP contribution in [0.5, 0.6) is 0 Å². The maximum Gasteiger partial charge on any atom is 0.243 e. The molecule has 150 valence electrons. The zero-order chi connectivity index (χ0) is 19.8. The average Bonchev–Trinajstić information content (AvgIpc) is 3.04. The summed E-state index contributed by atoms with van der Waals surface area (Å²) >= 11 is 0. The molecule has 0 radical (unpaired) electrons. The third-order valence-corrected chi connectivity index (χ3v) is 7.43. The van der Waals surface area contributed by atoms with E-state index in [-0.39, 0.29) is 5.92 Å². The second-order valence-electron chi connectivity index (χ2n) is 7.87. The molecule has 0 N–H and O–H groups in total. The predicted molar refractivity (Wildman–Crippen MR) is 105 cm³/mol. The molecule has 4 rings (SSSR count). The number of nitrogens with zero attached hydrogens (tertiary/aromatic N) is 2. The fraction of sp³-hybridized carbons (Fsp3) is 0.476. The molecule has 1 aromatic heterocycles. The van der Waals surface area contributed by atoms with Gasteiger partial charge in [0, 0.05) is 38.0 Å². The Morgan fingerprint density at radius 2 is 1.86 bits per heavy atom. The summed E-state index contributed by atoms with van der Waals surface area (Å²) in [5, 5.41) is 0. The van der Waals surface area contributed by atoms with E-state index in [0.29, 0.717) is 37.8 Å². The van der Waals surface area contributed by atoms with Crippen LogP contribution in [0.3, 0.4) is 0 Å². The molecule has 2 saturated heterocycles. The van der Waals surface area contributed by atoms with Gasteiger partial charge in [-0.15, -0.1) is 0 Å². The van der Waals surface area contributed by atoms with E-state index in [1.54, 1.807) is 24.5 Å². The molecule has 0 aliphatic carbocycles. The van der Waals surface area contributed by atoms with Crippen molar-refractivity contribution in [3.05, 3.63) is 59.4 Å². The third-order valence-electron chi connectivity index (χ3n) is 5.66. The third kappa shape index (κ3) is 3.72. The molecule has 1 aromatic carbocycles. The smallest absolute Gasteiger partial charge is 0.243 e. The molecule has 6 nitrogen and oxygen atoms in total. The van der Waals surface area contributed by atoms with Gasteiger partial charge >= 0.3 is 0 Å². The number of sulfonamides is 1. The van der Waals surface area contributed by atoms with Crippen LogP contribution in [0.25, 0.3) is 0 Å². The number of aromatic nitrogens is 1. The summed E-state index contributed by atoms with van der Waals surface area (Å²) in [7, 11) is -3.49. The molecular weight excluding hydrogens is 376 g/mol. The number of hydrogen-bond acceptors (Lipinski definition) is 5. The van der Waals surface area contributed by atoms with Gasteiger partial charge in [-0.05, 0) is 61.2 Å². The summed E-state index contributed by atoms with van der Waals surface area (Å²) < 4.78 is 39.4. The number of rotatable bonds is 6. The minimum Gasteiger partial charge on any atom is -0.376 e. The number of ether oxygens (including phenoxy) is 2. The number of aryl methyl sites for hydroxylation is 2. The van der Waals surface area contributed by atoms with Crippen molar-refractivity contribution in [2.24, 2.45) is 5.92 Å². The SMILES string of the molecule is Cc1cc(C)cc(S(=O)(=O)N2CC3(C2)OCC[C@H]3COCc2ccncc2)c1. The summed E-state index contributed by atoms with van der Waals surface area (Å²) in [5.41, 5.74) is 2.57. The normalized spacial score (nSPS) is 21.7. The minimum absolute atomic E-state index is 0.208. The van der Waals surface area contributed by atoms with Crippen LogP contribution in [0.4, 0.5) is 0 Å². The van der Waals surface area contributed by atoms with E-state index in [0.717, 1.165) is 23.1 Å². The second kappa shape index (κ2) is 7.55. The topological polar surface area (TPSA) is 68.7 Å². The van der Waals surface area contributed by atoms with Crippen LogP contribution in [0.15, 0.2) is 47.6 Å². The molecule has 0 saturated carbocycles. The molecule has 1 atom stereocenters. The minimum atomic E-state index is -3.49. The highest BCUT2D eigenvalue weighted by Gasteiger charge is 2.56. The largest absolute Gasteiger partial charge is 0.376 e. The van der Waals surface area contributed by atoms with Gasteiger partial charge in [0.2, 0.25) is 10.0 Å². The Balaban J connectivity index is 1.39. The molecule has 28 heavy (non-hydrogen) atoms. The quantitative estimate of drug-likeness (QED) is 0.743. The fourth-order valence-electron chi connectivity index (χ4n) is 4.12. The Morgan fingerprint density at radius 1 is 1.18 bits per heavy atom. The lowest BCUT2D eigenvalue weighted by atomic mass is 9.83. The Morgan fingerprint density at radius 3 is 2.54 bits per heavy atom. The maximum absolute atomic E-state index is 13.0. The highest BCUT2D eigenvalue weighted by atomic mass is 32.2. The van der Waals surface area contributed by atoms with E-state index in [1.807, 2.05) is 32.0 Å². The van der Waals surface area contributed by atoms with Gasteiger partial charge in [0.15, 0.2) is 0 Å². The standard InChI is InChI=1S/C21H26N2O4S/c1-16-9-17(2)11-20(10-16)28(24,25)23-14-21(15-23)19(5-8-27-21)13-26-12-18-3-6-22-7-4-18/h3-4,6-7,9-11,19H,5,8,12-15H2,1-2H3/t19-/m0/s1. The van der Waals surface area contributed by atoms with Crippen LogP contribution < -0.4 is 0 Å². The van der Waals surface area contributed by atoms with Crippen LogP contribution in [-0.2, 0) is 26.1 Å². The van der Waals surface area contributed by atoms with Gasteiger partial charge in [0.1, 0.15) is 5.60 Å². The highest BCUT2D eigenvalue weighted by molar-refractivity contribution is 7.89. The zero-order valence-corrected chi connectivity index (χ0v) is 17.1. The Labute approximate surface area is 166 Å². The van der Waals surface area contributed by atoms with Gasteiger partial charge in [-0.2, -0.15) is 4.31 Å². The monoisotopic (exact) mass is 402 g/mol. The molecule has 2 aliphatic rings. The fourth-order valence-corrected chi connectivity index (χ4v) is 5.86. The first-order chi connectivity index (χ1) is 13.4. The van der Waals surface area contributed by atoms with E-state index in [1.165, 1.54) is 4.31 Å². The summed E-state index contributed by atoms with van der Waals surface area (Å²) in [6.45, 7) is 6.37. The zero-order valence-electron chi connectivity index (χ0n) is 16.3. The van der Waals surface area contributed by atoms with E-state index in [4.69, 9.17) is 9.47 Å². The lowest BCUT2D eigenvalue weighted by Crippen LogP contribution is -2.66. The maximum atomic E-state index is 13.0. The molecule has 2 aliphatic heterocycles. The first-order valence-corrected chi connectivity index (χ1v) is 11.0. The number of pyridine rings is 1. The van der Waals surface area contributed by atoms with Gasteiger partial charge in [-0.1, -0.05) is 6.07 Å². The molecule has 3 heterocycles. The van der Waals surface area contributed by atoms with Crippen molar-refractivity contribution >= 4 is 10.0 Å². The van der Waals surface area contributed by atoms with Crippen LogP contribution in [0.2, 0.25) is 0 Å². The Kier molecular flexibility index (Phi) is 5.26. The van der Waals surface area contributed by atoms with E-state index >= 15 is 0 Å². The number of hydrogen-bond donors (Lipinski definition) is 0. The van der Waals surface area contributed by atoms with Gasteiger partial charge in [-0.25, -0.2) is 8.42 Å². The first-order valence-electron chi connectivity index (χ1n) is 9.58. The van der Waals surface area contributed by atoms with Crippen molar-refractivity contribution in [3.8, 4) is 0 Å².